The van der Waals surface area contributed by atoms with Crippen molar-refractivity contribution in [2.24, 2.45) is 5.73 Å². The highest BCUT2D eigenvalue weighted by atomic mass is 35.5. The molecular weight excluding hydrogens is 468 g/mol. The largest absolute Gasteiger partial charge is 0.368 e. The number of hydrogen-bond acceptors (Lipinski definition) is 5. The number of sulfonamides is 1. The Kier molecular flexibility index (Phi) is 6.35. The minimum absolute atomic E-state index is 0.0362. The molecule has 4 rings (SSSR count). The average molecular weight is 493 g/mol. The van der Waals surface area contributed by atoms with Gasteiger partial charge in [0.15, 0.2) is 0 Å². The number of carbonyl (C=O) groups is 3. The van der Waals surface area contributed by atoms with Crippen molar-refractivity contribution in [3.8, 4) is 0 Å². The monoisotopic (exact) mass is 492 g/mol. The maximum atomic E-state index is 13.0. The van der Waals surface area contributed by atoms with Crippen LogP contribution in [0.4, 0.5) is 0 Å². The van der Waals surface area contributed by atoms with E-state index in [0.29, 0.717) is 29.8 Å². The quantitative estimate of drug-likeness (QED) is 0.626. The number of hydrogen-bond donors (Lipinski definition) is 2. The molecule has 9 nitrogen and oxygen atoms in total. The lowest BCUT2D eigenvalue weighted by Crippen LogP contribution is -2.53. The van der Waals surface area contributed by atoms with E-state index in [1.807, 2.05) is 0 Å². The van der Waals surface area contributed by atoms with E-state index < -0.39 is 40.0 Å². The Morgan fingerprint density at radius 3 is 2.55 bits per heavy atom. The van der Waals surface area contributed by atoms with Crippen LogP contribution < -0.4 is 10.5 Å². The van der Waals surface area contributed by atoms with Crippen LogP contribution in [0.1, 0.15) is 26.2 Å². The molecular formula is C22H25ClN4O5S. The second-order valence-corrected chi connectivity index (χ2v) is 10.6. The van der Waals surface area contributed by atoms with Crippen molar-refractivity contribution in [2.45, 2.75) is 49.2 Å². The fourth-order valence-electron chi connectivity index (χ4n) is 4.51. The number of primary amides is 1. The van der Waals surface area contributed by atoms with Crippen LogP contribution in [-0.4, -0.2) is 67.2 Å². The zero-order chi connectivity index (χ0) is 23.9. The summed E-state index contributed by atoms with van der Waals surface area (Å²) in [4.78, 5) is 40.3. The first kappa shape index (κ1) is 23.5. The molecule has 0 radical (unpaired) electrons. The van der Waals surface area contributed by atoms with E-state index in [4.69, 9.17) is 17.3 Å². The molecule has 2 heterocycles. The molecule has 0 saturated carbocycles. The minimum atomic E-state index is -3.97. The molecule has 2 aromatic rings. The number of nitrogens with one attached hydrogen (secondary N) is 1. The smallest absolute Gasteiger partial charge is 0.245 e. The molecule has 3 amide bonds. The SMILES string of the molecule is CC(C(=O)N1CCC[C@H]1C(N)=O)N1CCC(NS(=O)(=O)c2ccc3cc(Cl)ccc3c2)C1=O. The van der Waals surface area contributed by atoms with Crippen LogP contribution >= 0.6 is 11.6 Å². The van der Waals surface area contributed by atoms with Gasteiger partial charge in [-0.15, -0.1) is 0 Å². The van der Waals surface area contributed by atoms with Gasteiger partial charge in [-0.25, -0.2) is 8.42 Å². The van der Waals surface area contributed by atoms with Crippen molar-refractivity contribution in [3.63, 3.8) is 0 Å². The Morgan fingerprint density at radius 1 is 1.12 bits per heavy atom. The Morgan fingerprint density at radius 2 is 1.82 bits per heavy atom. The number of halogens is 1. The van der Waals surface area contributed by atoms with Crippen molar-refractivity contribution in [3.05, 3.63) is 41.4 Å². The van der Waals surface area contributed by atoms with Gasteiger partial charge in [0.05, 0.1) is 4.90 Å². The van der Waals surface area contributed by atoms with Crippen LogP contribution in [0.5, 0.6) is 0 Å². The lowest BCUT2D eigenvalue weighted by atomic mass is 10.1. The van der Waals surface area contributed by atoms with Crippen molar-refractivity contribution in [1.82, 2.24) is 14.5 Å². The maximum absolute atomic E-state index is 13.0. The van der Waals surface area contributed by atoms with Gasteiger partial charge in [0, 0.05) is 18.1 Å². The van der Waals surface area contributed by atoms with Gasteiger partial charge in [-0.3, -0.25) is 14.4 Å². The van der Waals surface area contributed by atoms with Gasteiger partial charge in [-0.05, 0) is 61.2 Å². The molecule has 0 spiro atoms. The van der Waals surface area contributed by atoms with E-state index in [2.05, 4.69) is 4.72 Å². The number of nitrogens with zero attached hydrogens (tertiary/aromatic N) is 2. The van der Waals surface area contributed by atoms with Crippen molar-refractivity contribution in [2.75, 3.05) is 13.1 Å². The molecule has 0 bridgehead atoms. The number of likely N-dealkylation sites (tertiary alicyclic amines) is 2. The van der Waals surface area contributed by atoms with Crippen molar-refractivity contribution in [1.29, 1.82) is 0 Å². The van der Waals surface area contributed by atoms with Gasteiger partial charge in [0.2, 0.25) is 27.7 Å². The molecule has 3 N–H and O–H groups in total. The zero-order valence-electron chi connectivity index (χ0n) is 18.0. The summed E-state index contributed by atoms with van der Waals surface area (Å²) < 4.78 is 28.4. The maximum Gasteiger partial charge on any atom is 0.245 e. The highest BCUT2D eigenvalue weighted by molar-refractivity contribution is 7.89. The molecule has 2 aromatic carbocycles. The van der Waals surface area contributed by atoms with Crippen LogP contribution in [-0.2, 0) is 24.4 Å². The van der Waals surface area contributed by atoms with Gasteiger partial charge >= 0.3 is 0 Å². The summed E-state index contributed by atoms with van der Waals surface area (Å²) in [6.07, 6.45) is 1.40. The molecule has 2 unspecified atom stereocenters. The Labute approximate surface area is 196 Å². The van der Waals surface area contributed by atoms with E-state index in [1.165, 1.54) is 21.9 Å². The van der Waals surface area contributed by atoms with E-state index in [0.717, 1.165) is 5.39 Å². The minimum Gasteiger partial charge on any atom is -0.368 e. The molecule has 2 aliphatic heterocycles. The van der Waals surface area contributed by atoms with Gasteiger partial charge in [-0.1, -0.05) is 23.7 Å². The Hall–Kier alpha value is -2.69. The molecule has 2 saturated heterocycles. The Bertz CT molecular complexity index is 1230. The van der Waals surface area contributed by atoms with E-state index in [-0.39, 0.29) is 23.8 Å². The summed E-state index contributed by atoms with van der Waals surface area (Å²) >= 11 is 5.98. The normalized spacial score (nSPS) is 22.2. The molecule has 2 aliphatic rings. The predicted octanol–water partition coefficient (Wildman–Crippen LogP) is 1.24. The number of rotatable bonds is 6. The summed E-state index contributed by atoms with van der Waals surface area (Å²) in [5.41, 5.74) is 5.40. The summed E-state index contributed by atoms with van der Waals surface area (Å²) in [6.45, 7) is 2.22. The standard InChI is InChI=1S/C22H25ClN4O5S/c1-13(21(29)27-9-2-3-19(27)20(24)28)26-10-8-18(22(26)30)25-33(31,32)17-7-5-14-11-16(23)6-4-15(14)12-17/h4-7,11-13,18-19,25H,2-3,8-10H2,1H3,(H2,24,28)/t13?,18?,19-/m0/s1. The van der Waals surface area contributed by atoms with Crippen LogP contribution in [0.15, 0.2) is 41.3 Å². The second-order valence-electron chi connectivity index (χ2n) is 8.42. The third kappa shape index (κ3) is 4.55. The Balaban J connectivity index is 1.47. The summed E-state index contributed by atoms with van der Waals surface area (Å²) in [5.74, 6) is -1.40. The predicted molar refractivity (Wildman–Crippen MR) is 123 cm³/mol. The lowest BCUT2D eigenvalue weighted by molar-refractivity contribution is -0.145. The number of benzene rings is 2. The van der Waals surface area contributed by atoms with E-state index in [9.17, 15) is 22.8 Å². The average Bonchev–Trinajstić information content (AvgIpc) is 3.39. The summed E-state index contributed by atoms with van der Waals surface area (Å²) in [5, 5.41) is 2.05. The van der Waals surface area contributed by atoms with Crippen LogP contribution in [0.2, 0.25) is 5.02 Å². The van der Waals surface area contributed by atoms with Crippen LogP contribution in [0, 0.1) is 0 Å². The molecule has 2 fully saturated rings. The molecule has 3 atom stereocenters. The van der Waals surface area contributed by atoms with Gasteiger partial charge < -0.3 is 15.5 Å². The number of carbonyl (C=O) groups excluding carboxylic acids is 3. The zero-order valence-corrected chi connectivity index (χ0v) is 19.6. The van der Waals surface area contributed by atoms with Crippen molar-refractivity contribution >= 4 is 50.1 Å². The third-order valence-electron chi connectivity index (χ3n) is 6.31. The first-order valence-corrected chi connectivity index (χ1v) is 12.6. The van der Waals surface area contributed by atoms with Gasteiger partial charge in [-0.2, -0.15) is 4.72 Å². The number of fused-ring (bicyclic) bond motifs is 1. The lowest BCUT2D eigenvalue weighted by Gasteiger charge is -2.30. The first-order valence-electron chi connectivity index (χ1n) is 10.7. The molecule has 33 heavy (non-hydrogen) atoms. The topological polar surface area (TPSA) is 130 Å². The molecule has 11 heteroatoms. The fraction of sp³-hybridized carbons (Fsp3) is 0.409. The highest BCUT2D eigenvalue weighted by Gasteiger charge is 2.42. The van der Waals surface area contributed by atoms with Crippen molar-refractivity contribution < 1.29 is 22.8 Å². The highest BCUT2D eigenvalue weighted by Crippen LogP contribution is 2.25. The molecule has 0 aliphatic carbocycles. The van der Waals surface area contributed by atoms with Gasteiger partial charge in [0.1, 0.15) is 18.1 Å². The summed E-state index contributed by atoms with van der Waals surface area (Å²) in [6, 6.07) is 7.31. The van der Waals surface area contributed by atoms with Crippen LogP contribution in [0.25, 0.3) is 10.8 Å². The van der Waals surface area contributed by atoms with E-state index in [1.54, 1.807) is 31.2 Å². The second kappa shape index (κ2) is 8.92. The fourth-order valence-corrected chi connectivity index (χ4v) is 5.95. The molecule has 176 valence electrons. The van der Waals surface area contributed by atoms with E-state index >= 15 is 0 Å². The third-order valence-corrected chi connectivity index (χ3v) is 8.01. The van der Waals surface area contributed by atoms with Crippen LogP contribution in [0.3, 0.4) is 0 Å². The molecule has 0 aromatic heterocycles. The van der Waals surface area contributed by atoms with Gasteiger partial charge in [0.25, 0.3) is 0 Å². The first-order chi connectivity index (χ1) is 15.6. The number of nitrogens with two attached hydrogens (primary N) is 1. The number of amides is 3. The summed E-state index contributed by atoms with van der Waals surface area (Å²) in [7, 11) is -3.97.